The van der Waals surface area contributed by atoms with E-state index in [9.17, 15) is 4.79 Å². The third kappa shape index (κ3) is 3.37. The second kappa shape index (κ2) is 6.95. The fraction of sp³-hybridized carbons (Fsp3) is 0.350. The van der Waals surface area contributed by atoms with E-state index in [1.807, 2.05) is 36.2 Å². The molecule has 1 amide bonds. The molecule has 1 aliphatic heterocycles. The molecule has 24 heavy (non-hydrogen) atoms. The first-order valence-corrected chi connectivity index (χ1v) is 8.47. The van der Waals surface area contributed by atoms with Crippen molar-refractivity contribution in [2.24, 2.45) is 0 Å². The summed E-state index contributed by atoms with van der Waals surface area (Å²) >= 11 is 0. The first kappa shape index (κ1) is 16.4. The lowest BCUT2D eigenvalue weighted by Crippen LogP contribution is -2.40. The van der Waals surface area contributed by atoms with E-state index in [0.29, 0.717) is 13.1 Å². The summed E-state index contributed by atoms with van der Waals surface area (Å²) in [5.74, 6) is 0.133. The number of rotatable bonds is 4. The molecule has 2 aromatic carbocycles. The van der Waals surface area contributed by atoms with Gasteiger partial charge in [0.05, 0.1) is 6.54 Å². The number of nitrogen functional groups attached to an aromatic ring is 1. The highest BCUT2D eigenvalue weighted by Crippen LogP contribution is 2.31. The largest absolute Gasteiger partial charge is 0.398 e. The lowest BCUT2D eigenvalue weighted by atomic mass is 10.00. The Kier molecular flexibility index (Phi) is 4.74. The summed E-state index contributed by atoms with van der Waals surface area (Å²) in [7, 11) is 1.87. The Morgan fingerprint density at radius 2 is 2.00 bits per heavy atom. The number of hydrogen-bond donors (Lipinski definition) is 1. The summed E-state index contributed by atoms with van der Waals surface area (Å²) in [5, 5.41) is 0. The van der Waals surface area contributed by atoms with Gasteiger partial charge in [-0.3, -0.25) is 4.79 Å². The molecule has 2 N–H and O–H groups in total. The molecule has 0 spiro atoms. The number of carbonyl (C=O) groups excluding carboxylic acids is 1. The maximum atomic E-state index is 12.7. The van der Waals surface area contributed by atoms with Crippen LogP contribution in [0.3, 0.4) is 0 Å². The monoisotopic (exact) mass is 323 g/mol. The smallest absolute Gasteiger partial charge is 0.242 e. The number of likely N-dealkylation sites (N-methyl/N-ethyl adjacent to an activating group) is 1. The molecule has 1 heterocycles. The second-order valence-electron chi connectivity index (χ2n) is 6.55. The van der Waals surface area contributed by atoms with E-state index in [1.165, 1.54) is 16.7 Å². The second-order valence-corrected chi connectivity index (χ2v) is 6.55. The molecule has 4 heteroatoms. The van der Waals surface area contributed by atoms with Gasteiger partial charge in [0.2, 0.25) is 5.91 Å². The molecular formula is C20H25N3O. The number of benzene rings is 2. The van der Waals surface area contributed by atoms with Gasteiger partial charge in [-0.2, -0.15) is 0 Å². The van der Waals surface area contributed by atoms with Gasteiger partial charge in [0.25, 0.3) is 0 Å². The predicted octanol–water partition coefficient (Wildman–Crippen LogP) is 2.99. The van der Waals surface area contributed by atoms with Crippen molar-refractivity contribution in [2.75, 3.05) is 30.8 Å². The summed E-state index contributed by atoms with van der Waals surface area (Å²) in [4.78, 5) is 16.6. The Balaban J connectivity index is 1.70. The number of nitrogens with zero attached hydrogens (tertiary/aromatic N) is 2. The molecule has 0 unspecified atom stereocenters. The van der Waals surface area contributed by atoms with E-state index in [1.54, 1.807) is 0 Å². The van der Waals surface area contributed by atoms with Crippen LogP contribution in [0.25, 0.3) is 0 Å². The first-order valence-electron chi connectivity index (χ1n) is 8.47. The Labute approximate surface area is 143 Å². The molecule has 3 rings (SSSR count). The molecule has 0 bridgehead atoms. The highest BCUT2D eigenvalue weighted by atomic mass is 16.2. The van der Waals surface area contributed by atoms with E-state index < -0.39 is 0 Å². The molecule has 0 saturated heterocycles. The third-order valence-electron chi connectivity index (χ3n) is 4.80. The van der Waals surface area contributed by atoms with Crippen LogP contribution in [0.15, 0.2) is 42.5 Å². The molecule has 126 valence electrons. The van der Waals surface area contributed by atoms with Crippen LogP contribution in [-0.2, 0) is 17.8 Å². The average molecular weight is 323 g/mol. The van der Waals surface area contributed by atoms with E-state index in [2.05, 4.69) is 30.0 Å². The molecule has 0 aliphatic carbocycles. The van der Waals surface area contributed by atoms with Crippen molar-refractivity contribution < 1.29 is 4.79 Å². The van der Waals surface area contributed by atoms with Gasteiger partial charge < -0.3 is 15.5 Å². The highest BCUT2D eigenvalue weighted by molar-refractivity contribution is 5.82. The van der Waals surface area contributed by atoms with E-state index in [0.717, 1.165) is 30.8 Å². The first-order chi connectivity index (χ1) is 11.6. The minimum absolute atomic E-state index is 0.133. The quantitative estimate of drug-likeness (QED) is 0.880. The highest BCUT2D eigenvalue weighted by Gasteiger charge is 2.22. The summed E-state index contributed by atoms with van der Waals surface area (Å²) in [6.07, 6.45) is 2.03. The number of aryl methyl sites for hydroxylation is 1. The fourth-order valence-electron chi connectivity index (χ4n) is 3.31. The molecule has 0 fully saturated rings. The lowest BCUT2D eigenvalue weighted by molar-refractivity contribution is -0.129. The molecule has 0 saturated carbocycles. The molecular weight excluding hydrogens is 298 g/mol. The molecule has 0 radical (unpaired) electrons. The number of carbonyl (C=O) groups is 1. The fourth-order valence-corrected chi connectivity index (χ4v) is 3.31. The van der Waals surface area contributed by atoms with Gasteiger partial charge in [-0.15, -0.1) is 0 Å². The number of fused-ring (bicyclic) bond motifs is 1. The van der Waals surface area contributed by atoms with Crippen LogP contribution >= 0.6 is 0 Å². The van der Waals surface area contributed by atoms with Gasteiger partial charge in [0, 0.05) is 31.5 Å². The van der Waals surface area contributed by atoms with Gasteiger partial charge >= 0.3 is 0 Å². The van der Waals surface area contributed by atoms with Crippen molar-refractivity contribution in [1.29, 1.82) is 0 Å². The third-order valence-corrected chi connectivity index (χ3v) is 4.80. The Morgan fingerprint density at radius 3 is 2.79 bits per heavy atom. The van der Waals surface area contributed by atoms with Gasteiger partial charge in [0.15, 0.2) is 0 Å². The van der Waals surface area contributed by atoms with Crippen LogP contribution in [0.4, 0.5) is 11.4 Å². The SMILES string of the molecule is Cc1ccccc1CN(C)C(=O)CN1CCCc2c(N)cccc21. The maximum absolute atomic E-state index is 12.7. The lowest BCUT2D eigenvalue weighted by Gasteiger charge is -2.32. The topological polar surface area (TPSA) is 49.6 Å². The van der Waals surface area contributed by atoms with Gasteiger partial charge in [-0.25, -0.2) is 0 Å². The zero-order chi connectivity index (χ0) is 17.1. The molecule has 1 aliphatic rings. The molecule has 2 aromatic rings. The number of anilines is 2. The summed E-state index contributed by atoms with van der Waals surface area (Å²) < 4.78 is 0. The number of nitrogens with two attached hydrogens (primary N) is 1. The average Bonchev–Trinajstić information content (AvgIpc) is 2.58. The van der Waals surface area contributed by atoms with Crippen LogP contribution in [0.5, 0.6) is 0 Å². The molecule has 0 aromatic heterocycles. The minimum Gasteiger partial charge on any atom is -0.398 e. The Bertz CT molecular complexity index is 741. The van der Waals surface area contributed by atoms with Crippen molar-refractivity contribution in [3.8, 4) is 0 Å². The van der Waals surface area contributed by atoms with Gasteiger partial charge in [-0.05, 0) is 48.6 Å². The van der Waals surface area contributed by atoms with Crippen LogP contribution in [0, 0.1) is 6.92 Å². The minimum atomic E-state index is 0.133. The van der Waals surface area contributed by atoms with Crippen molar-refractivity contribution in [1.82, 2.24) is 4.90 Å². The van der Waals surface area contributed by atoms with Crippen LogP contribution in [-0.4, -0.2) is 30.9 Å². The summed E-state index contributed by atoms with van der Waals surface area (Å²) in [6.45, 7) is 4.03. The summed E-state index contributed by atoms with van der Waals surface area (Å²) in [6, 6.07) is 14.2. The van der Waals surface area contributed by atoms with Crippen LogP contribution in [0.1, 0.15) is 23.1 Å². The van der Waals surface area contributed by atoms with Crippen molar-refractivity contribution >= 4 is 17.3 Å². The molecule has 0 atom stereocenters. The van der Waals surface area contributed by atoms with Gasteiger partial charge in [-0.1, -0.05) is 30.3 Å². The van der Waals surface area contributed by atoms with Crippen LogP contribution in [0.2, 0.25) is 0 Å². The van der Waals surface area contributed by atoms with Crippen molar-refractivity contribution in [3.05, 3.63) is 59.2 Å². The summed E-state index contributed by atoms with van der Waals surface area (Å²) in [5.41, 5.74) is 11.6. The maximum Gasteiger partial charge on any atom is 0.242 e. The van der Waals surface area contributed by atoms with Crippen molar-refractivity contribution in [3.63, 3.8) is 0 Å². The van der Waals surface area contributed by atoms with Crippen LogP contribution < -0.4 is 10.6 Å². The van der Waals surface area contributed by atoms with Crippen molar-refractivity contribution in [2.45, 2.75) is 26.3 Å². The predicted molar refractivity (Wildman–Crippen MR) is 99.0 cm³/mol. The normalized spacial score (nSPS) is 13.5. The standard InChI is InChI=1S/C20H25N3O/c1-15-7-3-4-8-16(15)13-22(2)20(24)14-23-12-6-9-17-18(21)10-5-11-19(17)23/h3-5,7-8,10-11H,6,9,12-14,21H2,1-2H3. The zero-order valence-electron chi connectivity index (χ0n) is 14.5. The number of hydrogen-bond acceptors (Lipinski definition) is 3. The Hall–Kier alpha value is -2.49. The van der Waals surface area contributed by atoms with E-state index in [4.69, 9.17) is 5.73 Å². The number of amides is 1. The zero-order valence-corrected chi connectivity index (χ0v) is 14.5. The van der Waals surface area contributed by atoms with E-state index in [-0.39, 0.29) is 5.91 Å². The molecule has 4 nitrogen and oxygen atoms in total. The van der Waals surface area contributed by atoms with E-state index >= 15 is 0 Å². The van der Waals surface area contributed by atoms with Gasteiger partial charge in [0.1, 0.15) is 0 Å². The Morgan fingerprint density at radius 1 is 1.21 bits per heavy atom.